The number of esters is 1. The summed E-state index contributed by atoms with van der Waals surface area (Å²) in [5.74, 6) is -1.13. The standard InChI is InChI=1S/C21H25F3N2O4/c1-30-20(29)17-4-2-3-11-26(17)19(28)15-9-12-25(13-10-15)18(27)14-5-7-16(8-6-14)21(22,23)24/h5-8,15,17H,2-4,9-13H2,1H3/t17-/m1/s1. The summed E-state index contributed by atoms with van der Waals surface area (Å²) in [5, 5.41) is 0. The third-order valence-electron chi connectivity index (χ3n) is 5.85. The van der Waals surface area contributed by atoms with Crippen molar-refractivity contribution in [2.45, 2.75) is 44.3 Å². The molecule has 2 aliphatic heterocycles. The molecular weight excluding hydrogens is 401 g/mol. The summed E-state index contributed by atoms with van der Waals surface area (Å²) in [7, 11) is 1.31. The number of amides is 2. The van der Waals surface area contributed by atoms with Crippen LogP contribution in [0.15, 0.2) is 24.3 Å². The van der Waals surface area contributed by atoms with Gasteiger partial charge in [-0.15, -0.1) is 0 Å². The summed E-state index contributed by atoms with van der Waals surface area (Å²) in [6, 6.07) is 3.59. The van der Waals surface area contributed by atoms with Gasteiger partial charge in [0, 0.05) is 31.1 Å². The van der Waals surface area contributed by atoms with E-state index in [9.17, 15) is 27.6 Å². The van der Waals surface area contributed by atoms with E-state index in [0.29, 0.717) is 38.9 Å². The van der Waals surface area contributed by atoms with Crippen molar-refractivity contribution in [3.63, 3.8) is 0 Å². The second-order valence-electron chi connectivity index (χ2n) is 7.71. The second-order valence-corrected chi connectivity index (χ2v) is 7.71. The molecule has 1 aromatic rings. The van der Waals surface area contributed by atoms with Gasteiger partial charge < -0.3 is 14.5 Å². The molecule has 6 nitrogen and oxygen atoms in total. The molecule has 2 amide bonds. The molecule has 0 saturated carbocycles. The second kappa shape index (κ2) is 9.06. The van der Waals surface area contributed by atoms with Crippen molar-refractivity contribution in [1.29, 1.82) is 0 Å². The molecule has 0 unspecified atom stereocenters. The van der Waals surface area contributed by atoms with Crippen LogP contribution < -0.4 is 0 Å². The largest absolute Gasteiger partial charge is 0.467 e. The Morgan fingerprint density at radius 3 is 2.17 bits per heavy atom. The summed E-state index contributed by atoms with van der Waals surface area (Å²) in [6.07, 6.45) is -1.25. The molecule has 2 heterocycles. The maximum absolute atomic E-state index is 13.0. The monoisotopic (exact) mass is 426 g/mol. The van der Waals surface area contributed by atoms with Crippen molar-refractivity contribution in [2.75, 3.05) is 26.7 Å². The maximum atomic E-state index is 13.0. The number of methoxy groups -OCH3 is 1. The van der Waals surface area contributed by atoms with Gasteiger partial charge in [-0.3, -0.25) is 9.59 Å². The number of piperidine rings is 2. The molecule has 2 saturated heterocycles. The van der Waals surface area contributed by atoms with Crippen LogP contribution in [0.3, 0.4) is 0 Å². The van der Waals surface area contributed by atoms with Crippen molar-refractivity contribution < 1.29 is 32.3 Å². The highest BCUT2D eigenvalue weighted by Crippen LogP contribution is 2.30. The van der Waals surface area contributed by atoms with E-state index in [-0.39, 0.29) is 23.3 Å². The highest BCUT2D eigenvalue weighted by atomic mass is 19.4. The number of nitrogens with zero attached hydrogens (tertiary/aromatic N) is 2. The van der Waals surface area contributed by atoms with E-state index >= 15 is 0 Å². The molecule has 164 valence electrons. The lowest BCUT2D eigenvalue weighted by molar-refractivity contribution is -0.156. The van der Waals surface area contributed by atoms with Crippen molar-refractivity contribution in [2.24, 2.45) is 5.92 Å². The lowest BCUT2D eigenvalue weighted by Crippen LogP contribution is -2.52. The molecule has 0 aromatic heterocycles. The average molecular weight is 426 g/mol. The molecule has 2 aliphatic rings. The van der Waals surface area contributed by atoms with E-state index in [4.69, 9.17) is 4.74 Å². The molecule has 1 atom stereocenters. The van der Waals surface area contributed by atoms with Crippen LogP contribution in [0.2, 0.25) is 0 Å². The lowest BCUT2D eigenvalue weighted by atomic mass is 9.92. The fourth-order valence-corrected chi connectivity index (χ4v) is 4.12. The highest BCUT2D eigenvalue weighted by molar-refractivity contribution is 5.94. The number of rotatable bonds is 3. The zero-order valence-corrected chi connectivity index (χ0v) is 16.8. The number of alkyl halides is 3. The number of likely N-dealkylation sites (tertiary alicyclic amines) is 2. The molecule has 0 bridgehead atoms. The number of benzene rings is 1. The first-order valence-corrected chi connectivity index (χ1v) is 10.1. The van der Waals surface area contributed by atoms with Crippen LogP contribution in [0.5, 0.6) is 0 Å². The molecule has 0 N–H and O–H groups in total. The molecule has 1 aromatic carbocycles. The number of halogens is 3. The third-order valence-corrected chi connectivity index (χ3v) is 5.85. The van der Waals surface area contributed by atoms with Gasteiger partial charge in [0.1, 0.15) is 6.04 Å². The van der Waals surface area contributed by atoms with Gasteiger partial charge in [0.05, 0.1) is 12.7 Å². The number of ether oxygens (including phenoxy) is 1. The van der Waals surface area contributed by atoms with E-state index in [2.05, 4.69) is 0 Å². The van der Waals surface area contributed by atoms with E-state index < -0.39 is 23.8 Å². The van der Waals surface area contributed by atoms with Gasteiger partial charge in [-0.25, -0.2) is 4.79 Å². The molecule has 2 fully saturated rings. The average Bonchev–Trinajstić information content (AvgIpc) is 2.77. The van der Waals surface area contributed by atoms with Crippen LogP contribution in [0, 0.1) is 5.92 Å². The maximum Gasteiger partial charge on any atom is 0.416 e. The predicted molar refractivity (Wildman–Crippen MR) is 101 cm³/mol. The molecule has 0 radical (unpaired) electrons. The Hall–Kier alpha value is -2.58. The lowest BCUT2D eigenvalue weighted by Gasteiger charge is -2.38. The van der Waals surface area contributed by atoms with E-state index in [1.54, 1.807) is 9.80 Å². The Morgan fingerprint density at radius 1 is 0.967 bits per heavy atom. The quantitative estimate of drug-likeness (QED) is 0.697. The summed E-state index contributed by atoms with van der Waals surface area (Å²) >= 11 is 0. The third kappa shape index (κ3) is 4.76. The fraction of sp³-hybridized carbons (Fsp3) is 0.571. The molecule has 9 heteroatoms. The van der Waals surface area contributed by atoms with Gasteiger partial charge in [0.2, 0.25) is 5.91 Å². The van der Waals surface area contributed by atoms with E-state index in [1.165, 1.54) is 19.2 Å². The molecular formula is C21H25F3N2O4. The van der Waals surface area contributed by atoms with Crippen LogP contribution in [-0.2, 0) is 20.5 Å². The van der Waals surface area contributed by atoms with Crippen LogP contribution in [0.25, 0.3) is 0 Å². The highest BCUT2D eigenvalue weighted by Gasteiger charge is 2.38. The smallest absolute Gasteiger partial charge is 0.416 e. The van der Waals surface area contributed by atoms with Crippen molar-refractivity contribution in [3.8, 4) is 0 Å². The van der Waals surface area contributed by atoms with Crippen LogP contribution in [0.4, 0.5) is 13.2 Å². The fourth-order valence-electron chi connectivity index (χ4n) is 4.12. The topological polar surface area (TPSA) is 66.9 Å². The van der Waals surface area contributed by atoms with Crippen LogP contribution >= 0.6 is 0 Å². The zero-order valence-electron chi connectivity index (χ0n) is 16.8. The Morgan fingerprint density at radius 2 is 1.60 bits per heavy atom. The summed E-state index contributed by atoms with van der Waals surface area (Å²) in [6.45, 7) is 1.20. The first kappa shape index (κ1) is 22.1. The van der Waals surface area contributed by atoms with Gasteiger partial charge >= 0.3 is 12.1 Å². The van der Waals surface area contributed by atoms with Gasteiger partial charge in [0.15, 0.2) is 0 Å². The van der Waals surface area contributed by atoms with Crippen molar-refractivity contribution in [3.05, 3.63) is 35.4 Å². The summed E-state index contributed by atoms with van der Waals surface area (Å²) in [5.41, 5.74) is -0.611. The van der Waals surface area contributed by atoms with Gasteiger partial charge in [-0.2, -0.15) is 13.2 Å². The van der Waals surface area contributed by atoms with Gasteiger partial charge in [-0.1, -0.05) is 0 Å². The SMILES string of the molecule is COC(=O)[C@H]1CCCCN1C(=O)C1CCN(C(=O)c2ccc(C(F)(F)F)cc2)CC1. The van der Waals surface area contributed by atoms with Crippen molar-refractivity contribution >= 4 is 17.8 Å². The first-order valence-electron chi connectivity index (χ1n) is 10.1. The van der Waals surface area contributed by atoms with E-state index in [1.807, 2.05) is 0 Å². The Balaban J connectivity index is 1.59. The zero-order chi connectivity index (χ0) is 21.9. The predicted octanol–water partition coefficient (Wildman–Crippen LogP) is 3.11. The number of hydrogen-bond donors (Lipinski definition) is 0. The Bertz CT molecular complexity index is 786. The summed E-state index contributed by atoms with van der Waals surface area (Å²) < 4.78 is 42.9. The minimum Gasteiger partial charge on any atom is -0.467 e. The van der Waals surface area contributed by atoms with Crippen molar-refractivity contribution in [1.82, 2.24) is 9.80 Å². The first-order chi connectivity index (χ1) is 14.2. The Labute approximate surface area is 173 Å². The molecule has 0 spiro atoms. The molecule has 30 heavy (non-hydrogen) atoms. The molecule has 0 aliphatic carbocycles. The normalized spacial score (nSPS) is 20.7. The minimum absolute atomic E-state index is 0.0910. The van der Waals surface area contributed by atoms with Crippen LogP contribution in [0.1, 0.15) is 48.0 Å². The Kier molecular flexibility index (Phi) is 6.67. The number of carbonyl (C=O) groups is 3. The minimum atomic E-state index is -4.45. The number of hydrogen-bond acceptors (Lipinski definition) is 4. The number of carbonyl (C=O) groups excluding carboxylic acids is 3. The van der Waals surface area contributed by atoms with E-state index in [0.717, 1.165) is 25.0 Å². The van der Waals surface area contributed by atoms with Gasteiger partial charge in [0.25, 0.3) is 5.91 Å². The van der Waals surface area contributed by atoms with Gasteiger partial charge in [-0.05, 0) is 56.4 Å². The molecule has 3 rings (SSSR count). The van der Waals surface area contributed by atoms with Crippen LogP contribution in [-0.4, -0.2) is 60.4 Å². The summed E-state index contributed by atoms with van der Waals surface area (Å²) in [4.78, 5) is 40.7.